The number of halogens is 1. The van der Waals surface area contributed by atoms with Crippen LogP contribution in [0.1, 0.15) is 42.9 Å². The highest BCUT2D eigenvalue weighted by Gasteiger charge is 2.42. The summed E-state index contributed by atoms with van der Waals surface area (Å²) in [5, 5.41) is 0. The van der Waals surface area contributed by atoms with E-state index in [1.54, 1.807) is 0 Å². The normalized spacial score (nSPS) is 18.4. The zero-order valence-corrected chi connectivity index (χ0v) is 22.9. The van der Waals surface area contributed by atoms with Gasteiger partial charge < -0.3 is 4.90 Å². The van der Waals surface area contributed by atoms with Crippen LogP contribution in [0.2, 0.25) is 0 Å². The molecule has 2 heteroatoms. The predicted octanol–water partition coefficient (Wildman–Crippen LogP) is 9.56. The third kappa shape index (κ3) is 4.02. The molecule has 1 aliphatic carbocycles. The van der Waals surface area contributed by atoms with Gasteiger partial charge in [0.2, 0.25) is 0 Å². The van der Waals surface area contributed by atoms with Gasteiger partial charge in [-0.15, -0.1) is 0 Å². The van der Waals surface area contributed by atoms with Gasteiger partial charge in [-0.2, -0.15) is 0 Å². The summed E-state index contributed by atoms with van der Waals surface area (Å²) in [6, 6.07) is 36.0. The number of benzene rings is 4. The van der Waals surface area contributed by atoms with Gasteiger partial charge in [-0.25, -0.2) is 0 Å². The second kappa shape index (κ2) is 9.74. The fraction of sp³-hybridized carbons (Fsp3) is 0.176. The lowest BCUT2D eigenvalue weighted by Gasteiger charge is -2.33. The molecule has 0 saturated heterocycles. The fourth-order valence-electron chi connectivity index (χ4n) is 5.94. The molecule has 4 aromatic carbocycles. The summed E-state index contributed by atoms with van der Waals surface area (Å²) in [6.45, 7) is 4.53. The van der Waals surface area contributed by atoms with Gasteiger partial charge in [-0.3, -0.25) is 0 Å². The van der Waals surface area contributed by atoms with Crippen molar-refractivity contribution in [3.05, 3.63) is 135 Å². The first kappa shape index (κ1) is 23.3. The van der Waals surface area contributed by atoms with Gasteiger partial charge >= 0.3 is 0 Å². The van der Waals surface area contributed by atoms with E-state index in [9.17, 15) is 0 Å². The van der Waals surface area contributed by atoms with Crippen LogP contribution in [-0.4, -0.2) is 6.04 Å². The molecule has 0 amide bonds. The van der Waals surface area contributed by atoms with Crippen molar-refractivity contribution < 1.29 is 0 Å². The number of para-hydroxylation sites is 1. The topological polar surface area (TPSA) is 3.24 Å². The molecule has 2 atom stereocenters. The SMILES string of the molecule is CCCc1ccc(C2=C(C)C=CC3C2c2ccccc2N3c2cccc(-c3ccccc3)c2)c(I)c1. The number of allylic oxidation sites excluding steroid dienone is 2. The molecule has 0 fully saturated rings. The third-order valence-corrected chi connectivity index (χ3v) is 8.44. The Kier molecular flexibility index (Phi) is 6.30. The molecule has 0 radical (unpaired) electrons. The molecular weight excluding hydrogens is 549 g/mol. The number of rotatable bonds is 5. The van der Waals surface area contributed by atoms with Crippen LogP contribution in [0.25, 0.3) is 16.7 Å². The summed E-state index contributed by atoms with van der Waals surface area (Å²) < 4.78 is 1.35. The minimum Gasteiger partial charge on any atom is -0.333 e. The third-order valence-electron chi connectivity index (χ3n) is 7.54. The van der Waals surface area contributed by atoms with Crippen molar-refractivity contribution in [1.82, 2.24) is 0 Å². The average Bonchev–Trinajstić information content (AvgIpc) is 3.24. The number of fused-ring (bicyclic) bond motifs is 3. The van der Waals surface area contributed by atoms with E-state index in [1.165, 1.54) is 60.3 Å². The van der Waals surface area contributed by atoms with E-state index in [-0.39, 0.29) is 6.04 Å². The lowest BCUT2D eigenvalue weighted by Crippen LogP contribution is -2.30. The Bertz CT molecular complexity index is 1480. The van der Waals surface area contributed by atoms with Crippen LogP contribution in [0.5, 0.6) is 0 Å². The number of nitrogens with zero attached hydrogens (tertiary/aromatic N) is 1. The Labute approximate surface area is 228 Å². The zero-order valence-electron chi connectivity index (χ0n) is 20.8. The Morgan fingerprint density at radius 3 is 2.39 bits per heavy atom. The Balaban J connectivity index is 1.47. The first-order chi connectivity index (χ1) is 17.7. The van der Waals surface area contributed by atoms with Crippen LogP contribution in [0, 0.1) is 3.57 Å². The van der Waals surface area contributed by atoms with Crippen molar-refractivity contribution in [2.45, 2.75) is 38.6 Å². The van der Waals surface area contributed by atoms with Gasteiger partial charge in [0, 0.05) is 20.9 Å². The molecule has 1 aliphatic heterocycles. The van der Waals surface area contributed by atoms with Crippen LogP contribution < -0.4 is 4.90 Å². The fourth-order valence-corrected chi connectivity index (χ4v) is 6.81. The summed E-state index contributed by atoms with van der Waals surface area (Å²) in [6.07, 6.45) is 7.06. The molecule has 0 N–H and O–H groups in total. The standard InChI is InChI=1S/C34H30IN/c1-3-10-24-18-19-28(30(35)21-24)33-23(2)17-20-32-34(33)29-15-7-8-16-31(29)36(32)27-14-9-13-26(22-27)25-11-5-4-6-12-25/h4-9,11-22,32,34H,3,10H2,1-2H3. The second-order valence-electron chi connectivity index (χ2n) is 9.83. The van der Waals surface area contributed by atoms with E-state index >= 15 is 0 Å². The molecule has 4 aromatic rings. The minimum atomic E-state index is 0.248. The molecular formula is C34H30IN. The van der Waals surface area contributed by atoms with Crippen LogP contribution in [0.15, 0.2) is 115 Å². The Morgan fingerprint density at radius 1 is 0.806 bits per heavy atom. The largest absolute Gasteiger partial charge is 0.333 e. The van der Waals surface area contributed by atoms with Crippen LogP contribution >= 0.6 is 22.6 Å². The molecule has 6 rings (SSSR count). The van der Waals surface area contributed by atoms with Crippen LogP contribution in [0.4, 0.5) is 11.4 Å². The number of hydrogen-bond donors (Lipinski definition) is 0. The van der Waals surface area contributed by atoms with Gasteiger partial charge in [0.1, 0.15) is 0 Å². The molecule has 0 bridgehead atoms. The first-order valence-electron chi connectivity index (χ1n) is 12.9. The molecule has 0 saturated carbocycles. The van der Waals surface area contributed by atoms with E-state index in [0.717, 1.165) is 6.42 Å². The van der Waals surface area contributed by atoms with Crippen molar-refractivity contribution in [1.29, 1.82) is 0 Å². The van der Waals surface area contributed by atoms with Crippen molar-refractivity contribution in [3.8, 4) is 11.1 Å². The maximum atomic E-state index is 2.55. The average molecular weight is 580 g/mol. The summed E-state index contributed by atoms with van der Waals surface area (Å²) in [5.74, 6) is 0.303. The van der Waals surface area contributed by atoms with Crippen molar-refractivity contribution in [3.63, 3.8) is 0 Å². The lowest BCUT2D eigenvalue weighted by atomic mass is 9.78. The van der Waals surface area contributed by atoms with Crippen molar-refractivity contribution in [2.24, 2.45) is 0 Å². The highest BCUT2D eigenvalue weighted by molar-refractivity contribution is 14.1. The summed E-state index contributed by atoms with van der Waals surface area (Å²) >= 11 is 2.55. The van der Waals surface area contributed by atoms with Gasteiger partial charge in [-0.05, 0) is 99.2 Å². The van der Waals surface area contributed by atoms with E-state index in [0.29, 0.717) is 5.92 Å². The van der Waals surface area contributed by atoms with Crippen molar-refractivity contribution in [2.75, 3.05) is 4.90 Å². The number of aryl methyl sites for hydroxylation is 1. The van der Waals surface area contributed by atoms with Gasteiger partial charge in [-0.1, -0.05) is 98.3 Å². The van der Waals surface area contributed by atoms with Crippen LogP contribution in [-0.2, 0) is 6.42 Å². The van der Waals surface area contributed by atoms with Crippen molar-refractivity contribution >= 4 is 39.5 Å². The van der Waals surface area contributed by atoms with Gasteiger partial charge in [0.05, 0.1) is 6.04 Å². The van der Waals surface area contributed by atoms with E-state index in [4.69, 9.17) is 0 Å². The highest BCUT2D eigenvalue weighted by atomic mass is 127. The first-order valence-corrected chi connectivity index (χ1v) is 13.9. The molecule has 1 nitrogen and oxygen atoms in total. The van der Waals surface area contributed by atoms with E-state index in [2.05, 4.69) is 151 Å². The number of anilines is 2. The summed E-state index contributed by atoms with van der Waals surface area (Å²) in [5.41, 5.74) is 12.1. The molecule has 0 spiro atoms. The van der Waals surface area contributed by atoms with E-state index in [1.807, 2.05) is 0 Å². The minimum absolute atomic E-state index is 0.248. The summed E-state index contributed by atoms with van der Waals surface area (Å²) in [7, 11) is 0. The smallest absolute Gasteiger partial charge is 0.0635 e. The molecule has 1 heterocycles. The number of hydrogen-bond acceptors (Lipinski definition) is 1. The monoisotopic (exact) mass is 579 g/mol. The maximum absolute atomic E-state index is 2.55. The molecule has 2 aliphatic rings. The van der Waals surface area contributed by atoms with Crippen LogP contribution in [0.3, 0.4) is 0 Å². The molecule has 2 unspecified atom stereocenters. The molecule has 36 heavy (non-hydrogen) atoms. The maximum Gasteiger partial charge on any atom is 0.0635 e. The highest BCUT2D eigenvalue weighted by Crippen LogP contribution is 2.54. The van der Waals surface area contributed by atoms with E-state index < -0.39 is 0 Å². The quantitative estimate of drug-likeness (QED) is 0.213. The summed E-state index contributed by atoms with van der Waals surface area (Å²) in [4.78, 5) is 2.55. The van der Waals surface area contributed by atoms with Gasteiger partial charge in [0.25, 0.3) is 0 Å². The predicted molar refractivity (Wildman–Crippen MR) is 162 cm³/mol. The lowest BCUT2D eigenvalue weighted by molar-refractivity contribution is 0.753. The Hall–Kier alpha value is -3.11. The van der Waals surface area contributed by atoms with Gasteiger partial charge in [0.15, 0.2) is 0 Å². The second-order valence-corrected chi connectivity index (χ2v) is 11.0. The Morgan fingerprint density at radius 2 is 1.58 bits per heavy atom. The molecule has 0 aromatic heterocycles. The zero-order chi connectivity index (χ0) is 24.6. The molecule has 178 valence electrons.